The van der Waals surface area contributed by atoms with Crippen molar-refractivity contribution in [3.05, 3.63) is 59.7 Å². The maximum Gasteiger partial charge on any atom is 0.150 e. The Morgan fingerprint density at radius 1 is 1.07 bits per heavy atom. The van der Waals surface area contributed by atoms with Crippen LogP contribution < -0.4 is 4.74 Å². The summed E-state index contributed by atoms with van der Waals surface area (Å²) in [5.74, 6) is 1.35. The standard InChI is InChI=1S/C13H18N2O.C7H6O.C2H6O/c1-15(2)7-6-10-9-14-13-5-4-11(16-3)8-12(10)13;8-6-7-4-2-1-3-5-7;1-3-2/h4-5,8-10H,6-7H2,1-3H3;1-6H;1-2H3. The quantitative estimate of drug-likeness (QED) is 0.740. The predicted octanol–water partition coefficient (Wildman–Crippen LogP) is 4.21. The maximum absolute atomic E-state index is 10.0. The maximum atomic E-state index is 10.0. The Labute approximate surface area is 162 Å². The lowest BCUT2D eigenvalue weighted by Crippen LogP contribution is -2.15. The van der Waals surface area contributed by atoms with Crippen molar-refractivity contribution in [3.63, 3.8) is 0 Å². The van der Waals surface area contributed by atoms with Gasteiger partial charge in [-0.1, -0.05) is 30.3 Å². The van der Waals surface area contributed by atoms with Crippen molar-refractivity contribution in [2.24, 2.45) is 4.99 Å². The molecule has 146 valence electrons. The summed E-state index contributed by atoms with van der Waals surface area (Å²) < 4.78 is 9.50. The van der Waals surface area contributed by atoms with Gasteiger partial charge >= 0.3 is 0 Å². The van der Waals surface area contributed by atoms with Crippen molar-refractivity contribution >= 4 is 18.2 Å². The first kappa shape index (κ1) is 22.5. The summed E-state index contributed by atoms with van der Waals surface area (Å²) in [7, 11) is 9.14. The van der Waals surface area contributed by atoms with Crippen molar-refractivity contribution in [3.8, 4) is 5.75 Å². The molecular weight excluding hydrogens is 340 g/mol. The summed E-state index contributed by atoms with van der Waals surface area (Å²) in [5.41, 5.74) is 3.11. The van der Waals surface area contributed by atoms with E-state index in [0.29, 0.717) is 5.92 Å². The van der Waals surface area contributed by atoms with E-state index >= 15 is 0 Å². The molecule has 2 aromatic carbocycles. The van der Waals surface area contributed by atoms with Crippen LogP contribution in [0.1, 0.15) is 28.3 Å². The topological polar surface area (TPSA) is 51.1 Å². The van der Waals surface area contributed by atoms with Gasteiger partial charge in [0.15, 0.2) is 0 Å². The Hall–Kier alpha value is -2.50. The van der Waals surface area contributed by atoms with Gasteiger partial charge < -0.3 is 14.4 Å². The number of aldehydes is 1. The third kappa shape index (κ3) is 8.15. The van der Waals surface area contributed by atoms with Gasteiger partial charge in [-0.15, -0.1) is 0 Å². The number of benzene rings is 2. The molecule has 1 aliphatic rings. The van der Waals surface area contributed by atoms with Gasteiger partial charge in [0.25, 0.3) is 0 Å². The van der Waals surface area contributed by atoms with Crippen LogP contribution in [-0.2, 0) is 4.74 Å². The second-order valence-electron chi connectivity index (χ2n) is 6.34. The van der Waals surface area contributed by atoms with Crippen molar-refractivity contribution in [1.82, 2.24) is 4.90 Å². The smallest absolute Gasteiger partial charge is 0.150 e. The van der Waals surface area contributed by atoms with Crippen LogP contribution in [0.15, 0.2) is 53.5 Å². The van der Waals surface area contributed by atoms with E-state index in [4.69, 9.17) is 4.74 Å². The van der Waals surface area contributed by atoms with E-state index in [1.54, 1.807) is 33.5 Å². The number of nitrogens with zero attached hydrogens (tertiary/aromatic N) is 2. The van der Waals surface area contributed by atoms with Crippen LogP contribution in [0.3, 0.4) is 0 Å². The molecule has 0 saturated heterocycles. The molecule has 0 fully saturated rings. The molecule has 2 aromatic rings. The van der Waals surface area contributed by atoms with Gasteiger partial charge in [0.1, 0.15) is 12.0 Å². The SMILES string of the molecule is COC.COc1ccc2c(c1)C(CCN(C)C)C=N2.O=Cc1ccccc1. The summed E-state index contributed by atoms with van der Waals surface area (Å²) in [6, 6.07) is 15.2. The highest BCUT2D eigenvalue weighted by Gasteiger charge is 2.19. The minimum atomic E-state index is 0.437. The highest BCUT2D eigenvalue weighted by molar-refractivity contribution is 5.81. The van der Waals surface area contributed by atoms with Crippen LogP contribution in [0, 0.1) is 0 Å². The number of hydrogen-bond acceptors (Lipinski definition) is 5. The van der Waals surface area contributed by atoms with Crippen LogP contribution in [0.2, 0.25) is 0 Å². The molecule has 0 aromatic heterocycles. The van der Waals surface area contributed by atoms with Gasteiger partial charge in [0.2, 0.25) is 0 Å². The Morgan fingerprint density at radius 3 is 2.26 bits per heavy atom. The Balaban J connectivity index is 0.000000277. The second-order valence-corrected chi connectivity index (χ2v) is 6.34. The molecule has 0 radical (unpaired) electrons. The summed E-state index contributed by atoms with van der Waals surface area (Å²) in [6.07, 6.45) is 3.99. The van der Waals surface area contributed by atoms with E-state index in [-0.39, 0.29) is 0 Å². The molecule has 0 saturated carbocycles. The molecule has 27 heavy (non-hydrogen) atoms. The van der Waals surface area contributed by atoms with Gasteiger partial charge in [0, 0.05) is 31.9 Å². The third-order valence-corrected chi connectivity index (χ3v) is 3.85. The normalized spacial score (nSPS) is 13.8. The molecule has 0 N–H and O–H groups in total. The summed E-state index contributed by atoms with van der Waals surface area (Å²) >= 11 is 0. The van der Waals surface area contributed by atoms with Gasteiger partial charge in [-0.2, -0.15) is 0 Å². The molecule has 0 bridgehead atoms. The minimum absolute atomic E-state index is 0.437. The van der Waals surface area contributed by atoms with E-state index < -0.39 is 0 Å². The number of hydrogen-bond donors (Lipinski definition) is 0. The lowest BCUT2D eigenvalue weighted by molar-refractivity contribution is 0.112. The minimum Gasteiger partial charge on any atom is -0.497 e. The zero-order valence-corrected chi connectivity index (χ0v) is 16.9. The molecule has 1 atom stereocenters. The lowest BCUT2D eigenvalue weighted by Gasteiger charge is -2.14. The van der Waals surface area contributed by atoms with E-state index in [1.165, 1.54) is 5.56 Å². The number of methoxy groups -OCH3 is 2. The fourth-order valence-electron chi connectivity index (χ4n) is 2.48. The average Bonchev–Trinajstić information content (AvgIpc) is 3.10. The number of fused-ring (bicyclic) bond motifs is 1. The zero-order valence-electron chi connectivity index (χ0n) is 16.9. The first-order valence-corrected chi connectivity index (χ1v) is 8.82. The van der Waals surface area contributed by atoms with E-state index in [9.17, 15) is 4.79 Å². The highest BCUT2D eigenvalue weighted by atomic mass is 16.5. The van der Waals surface area contributed by atoms with Crippen LogP contribution >= 0.6 is 0 Å². The number of carbonyl (C=O) groups excluding carboxylic acids is 1. The molecule has 0 amide bonds. The second kappa shape index (κ2) is 12.8. The Kier molecular flexibility index (Phi) is 10.7. The van der Waals surface area contributed by atoms with Gasteiger partial charge in [-0.05, 0) is 50.8 Å². The molecular formula is C22H30N2O3. The number of carbonyl (C=O) groups is 1. The highest BCUT2D eigenvalue weighted by Crippen LogP contribution is 2.36. The molecule has 3 rings (SSSR count). The molecule has 1 aliphatic heterocycles. The first-order chi connectivity index (χ1) is 13.0. The van der Waals surface area contributed by atoms with E-state index in [2.05, 4.69) is 34.8 Å². The van der Waals surface area contributed by atoms with Gasteiger partial charge in [0.05, 0.1) is 12.8 Å². The molecule has 0 spiro atoms. The molecule has 5 heteroatoms. The zero-order chi connectivity index (χ0) is 20.1. The van der Waals surface area contributed by atoms with Crippen LogP contribution in [0.5, 0.6) is 5.75 Å². The average molecular weight is 370 g/mol. The van der Waals surface area contributed by atoms with Crippen LogP contribution in [0.4, 0.5) is 5.69 Å². The predicted molar refractivity (Wildman–Crippen MR) is 112 cm³/mol. The number of aliphatic imine (C=N–C) groups is 1. The largest absolute Gasteiger partial charge is 0.497 e. The van der Waals surface area contributed by atoms with Crippen LogP contribution in [0.25, 0.3) is 0 Å². The molecule has 1 heterocycles. The Bertz CT molecular complexity index is 700. The van der Waals surface area contributed by atoms with Gasteiger partial charge in [-0.3, -0.25) is 9.79 Å². The molecule has 1 unspecified atom stereocenters. The molecule has 5 nitrogen and oxygen atoms in total. The lowest BCUT2D eigenvalue weighted by atomic mass is 9.97. The van der Waals surface area contributed by atoms with E-state index in [0.717, 1.165) is 36.3 Å². The fraction of sp³-hybridized carbons (Fsp3) is 0.364. The summed E-state index contributed by atoms with van der Waals surface area (Å²) in [6.45, 7) is 1.08. The fourth-order valence-corrected chi connectivity index (χ4v) is 2.48. The van der Waals surface area contributed by atoms with E-state index in [1.807, 2.05) is 36.5 Å². The first-order valence-electron chi connectivity index (χ1n) is 8.82. The van der Waals surface area contributed by atoms with Crippen LogP contribution in [-0.4, -0.2) is 59.4 Å². The summed E-state index contributed by atoms with van der Waals surface area (Å²) in [4.78, 5) is 16.6. The monoisotopic (exact) mass is 370 g/mol. The third-order valence-electron chi connectivity index (χ3n) is 3.85. The van der Waals surface area contributed by atoms with Gasteiger partial charge in [-0.25, -0.2) is 0 Å². The summed E-state index contributed by atoms with van der Waals surface area (Å²) in [5, 5.41) is 0. The van der Waals surface area contributed by atoms with Crippen molar-refractivity contribution < 1.29 is 14.3 Å². The molecule has 0 aliphatic carbocycles. The van der Waals surface area contributed by atoms with Crippen molar-refractivity contribution in [2.45, 2.75) is 12.3 Å². The van der Waals surface area contributed by atoms with Crippen molar-refractivity contribution in [1.29, 1.82) is 0 Å². The number of rotatable bonds is 5. The Morgan fingerprint density at radius 2 is 1.74 bits per heavy atom. The number of ether oxygens (including phenoxy) is 2. The van der Waals surface area contributed by atoms with Crippen molar-refractivity contribution in [2.75, 3.05) is 42.0 Å².